The van der Waals surface area contributed by atoms with E-state index >= 15 is 0 Å². The van der Waals surface area contributed by atoms with Crippen LogP contribution >= 0.6 is 27.3 Å². The maximum atomic E-state index is 12.4. The quantitative estimate of drug-likeness (QED) is 0.797. The highest BCUT2D eigenvalue weighted by atomic mass is 79.9. The van der Waals surface area contributed by atoms with Crippen molar-refractivity contribution in [1.29, 1.82) is 0 Å². The molecule has 1 heterocycles. The van der Waals surface area contributed by atoms with E-state index in [9.17, 15) is 8.42 Å². The monoisotopic (exact) mass is 389 g/mol. The van der Waals surface area contributed by atoms with E-state index in [1.807, 2.05) is 23.8 Å². The molecule has 2 aromatic rings. The van der Waals surface area contributed by atoms with Crippen LogP contribution in [0.4, 0.5) is 0 Å². The fourth-order valence-corrected chi connectivity index (χ4v) is 4.92. The summed E-state index contributed by atoms with van der Waals surface area (Å²) in [6, 6.07) is 6.55. The van der Waals surface area contributed by atoms with E-state index in [0.717, 1.165) is 5.56 Å². The molecule has 1 aromatic carbocycles. The average molecular weight is 390 g/mol. The highest BCUT2D eigenvalue weighted by Crippen LogP contribution is 2.23. The predicted molar refractivity (Wildman–Crippen MR) is 87.9 cm³/mol. The Labute approximate surface area is 137 Å². The minimum absolute atomic E-state index is 0.145. The number of aliphatic hydroxyl groups is 1. The Balaban J connectivity index is 2.18. The molecule has 0 saturated carbocycles. The van der Waals surface area contributed by atoms with Gasteiger partial charge >= 0.3 is 0 Å². The van der Waals surface area contributed by atoms with Gasteiger partial charge in [0.05, 0.1) is 11.5 Å². The van der Waals surface area contributed by atoms with Crippen LogP contribution in [0.25, 0.3) is 0 Å². The van der Waals surface area contributed by atoms with E-state index < -0.39 is 10.0 Å². The summed E-state index contributed by atoms with van der Waals surface area (Å²) in [5, 5.41) is 13.1. The molecule has 0 bridgehead atoms. The number of halogens is 1. The molecule has 0 spiro atoms. The Morgan fingerprint density at radius 2 is 2.10 bits per heavy atom. The van der Waals surface area contributed by atoms with Gasteiger partial charge in [-0.05, 0) is 69.4 Å². The van der Waals surface area contributed by atoms with Crippen molar-refractivity contribution in [3.63, 3.8) is 0 Å². The van der Waals surface area contributed by atoms with Gasteiger partial charge in [0.15, 0.2) is 0 Å². The van der Waals surface area contributed by atoms with Gasteiger partial charge in [-0.1, -0.05) is 6.07 Å². The number of rotatable bonds is 6. The number of benzene rings is 1. The van der Waals surface area contributed by atoms with Crippen molar-refractivity contribution in [3.05, 3.63) is 50.6 Å². The maximum absolute atomic E-state index is 12.4. The molecule has 21 heavy (non-hydrogen) atoms. The van der Waals surface area contributed by atoms with Crippen molar-refractivity contribution in [2.45, 2.75) is 30.9 Å². The maximum Gasteiger partial charge on any atom is 0.241 e. The second-order valence-corrected chi connectivity index (χ2v) is 8.10. The summed E-state index contributed by atoms with van der Waals surface area (Å²) in [5.74, 6) is 0. The molecular weight excluding hydrogens is 374 g/mol. The summed E-state index contributed by atoms with van der Waals surface area (Å²) in [6.07, 6.45) is 0.639. The third-order valence-electron chi connectivity index (χ3n) is 2.95. The van der Waals surface area contributed by atoms with Crippen LogP contribution in [-0.4, -0.2) is 19.6 Å². The molecule has 1 unspecified atom stereocenters. The van der Waals surface area contributed by atoms with Crippen molar-refractivity contribution in [1.82, 2.24) is 4.72 Å². The predicted octanol–water partition coefficient (Wildman–Crippen LogP) is 2.91. The molecule has 7 heteroatoms. The molecule has 4 nitrogen and oxygen atoms in total. The lowest BCUT2D eigenvalue weighted by atomic mass is 10.1. The van der Waals surface area contributed by atoms with Gasteiger partial charge in [0.1, 0.15) is 0 Å². The van der Waals surface area contributed by atoms with Crippen LogP contribution in [0.2, 0.25) is 0 Å². The highest BCUT2D eigenvalue weighted by Gasteiger charge is 2.20. The fraction of sp³-hybridized carbons (Fsp3) is 0.286. The topological polar surface area (TPSA) is 66.4 Å². The molecule has 0 aliphatic rings. The van der Waals surface area contributed by atoms with Crippen LogP contribution in [0, 0.1) is 0 Å². The molecule has 0 amide bonds. The van der Waals surface area contributed by atoms with Crippen LogP contribution in [0.15, 0.2) is 44.4 Å². The highest BCUT2D eigenvalue weighted by molar-refractivity contribution is 9.10. The van der Waals surface area contributed by atoms with Gasteiger partial charge in [0.2, 0.25) is 10.0 Å². The van der Waals surface area contributed by atoms with E-state index in [4.69, 9.17) is 5.11 Å². The number of sulfonamides is 1. The summed E-state index contributed by atoms with van der Waals surface area (Å²) in [4.78, 5) is 0.145. The largest absolute Gasteiger partial charge is 0.392 e. The molecule has 1 aromatic heterocycles. The summed E-state index contributed by atoms with van der Waals surface area (Å²) in [6.45, 7) is 1.64. The minimum Gasteiger partial charge on any atom is -0.392 e. The van der Waals surface area contributed by atoms with Gasteiger partial charge in [-0.3, -0.25) is 0 Å². The van der Waals surface area contributed by atoms with Gasteiger partial charge in [0.25, 0.3) is 0 Å². The zero-order valence-corrected chi connectivity index (χ0v) is 14.6. The van der Waals surface area contributed by atoms with Crippen molar-refractivity contribution < 1.29 is 13.5 Å². The third-order valence-corrected chi connectivity index (χ3v) is 6.26. The Kier molecular flexibility index (Phi) is 5.56. The Morgan fingerprint density at radius 3 is 2.71 bits per heavy atom. The van der Waals surface area contributed by atoms with Crippen molar-refractivity contribution >= 4 is 37.3 Å². The van der Waals surface area contributed by atoms with E-state index in [0.29, 0.717) is 16.5 Å². The van der Waals surface area contributed by atoms with Gasteiger partial charge in [-0.15, -0.1) is 0 Å². The number of thiophene rings is 1. The molecule has 2 rings (SSSR count). The molecule has 0 fully saturated rings. The lowest BCUT2D eigenvalue weighted by molar-refractivity contribution is 0.281. The smallest absolute Gasteiger partial charge is 0.241 e. The first kappa shape index (κ1) is 16.6. The van der Waals surface area contributed by atoms with Crippen molar-refractivity contribution in [2.24, 2.45) is 0 Å². The lowest BCUT2D eigenvalue weighted by Crippen LogP contribution is -2.34. The van der Waals surface area contributed by atoms with Gasteiger partial charge < -0.3 is 5.11 Å². The first-order valence-corrected chi connectivity index (χ1v) is 9.57. The number of hydrogen-bond acceptors (Lipinski definition) is 4. The second kappa shape index (κ2) is 7.02. The SMILES string of the molecule is CC(Cc1ccsc1)NS(=O)(=O)c1cc(CO)ccc1Br. The van der Waals surface area contributed by atoms with Crippen molar-refractivity contribution in [2.75, 3.05) is 0 Å². The van der Waals surface area contributed by atoms with E-state index in [1.54, 1.807) is 23.5 Å². The fourth-order valence-electron chi connectivity index (χ4n) is 1.98. The normalized spacial score (nSPS) is 13.3. The average Bonchev–Trinajstić information content (AvgIpc) is 2.91. The summed E-state index contributed by atoms with van der Waals surface area (Å²) in [5.41, 5.74) is 1.67. The van der Waals surface area contributed by atoms with Crippen LogP contribution < -0.4 is 4.72 Å². The van der Waals surface area contributed by atoms with Gasteiger partial charge in [0, 0.05) is 10.5 Å². The Morgan fingerprint density at radius 1 is 1.33 bits per heavy atom. The Bertz CT molecular complexity index is 699. The molecule has 0 aliphatic heterocycles. The van der Waals surface area contributed by atoms with Crippen LogP contribution in [-0.2, 0) is 23.1 Å². The molecular formula is C14H16BrNO3S2. The lowest BCUT2D eigenvalue weighted by Gasteiger charge is -2.15. The molecule has 0 aliphatic carbocycles. The third kappa shape index (κ3) is 4.37. The van der Waals surface area contributed by atoms with Crippen LogP contribution in [0.1, 0.15) is 18.1 Å². The Hall–Kier alpha value is -0.730. The van der Waals surface area contributed by atoms with Gasteiger partial charge in [-0.25, -0.2) is 13.1 Å². The first-order chi connectivity index (χ1) is 9.92. The number of aliphatic hydroxyl groups excluding tert-OH is 1. The first-order valence-electron chi connectivity index (χ1n) is 6.35. The molecule has 1 atom stereocenters. The summed E-state index contributed by atoms with van der Waals surface area (Å²) < 4.78 is 28.0. The zero-order valence-electron chi connectivity index (χ0n) is 11.4. The molecule has 0 radical (unpaired) electrons. The van der Waals surface area contributed by atoms with E-state index in [2.05, 4.69) is 20.7 Å². The van der Waals surface area contributed by atoms with Crippen LogP contribution in [0.5, 0.6) is 0 Å². The van der Waals surface area contributed by atoms with Crippen LogP contribution in [0.3, 0.4) is 0 Å². The number of nitrogens with one attached hydrogen (secondary N) is 1. The van der Waals surface area contributed by atoms with E-state index in [1.165, 1.54) is 6.07 Å². The zero-order chi connectivity index (χ0) is 15.5. The standard InChI is InChI=1S/C14H16BrNO3S2/c1-10(6-12-4-5-20-9-12)16-21(18,19)14-7-11(8-17)2-3-13(14)15/h2-5,7,9-10,16-17H,6,8H2,1H3. The molecule has 2 N–H and O–H groups in total. The minimum atomic E-state index is -3.63. The van der Waals surface area contributed by atoms with Crippen molar-refractivity contribution in [3.8, 4) is 0 Å². The van der Waals surface area contributed by atoms with Gasteiger partial charge in [-0.2, -0.15) is 11.3 Å². The molecule has 114 valence electrons. The number of hydrogen-bond donors (Lipinski definition) is 2. The molecule has 0 saturated heterocycles. The summed E-state index contributed by atoms with van der Waals surface area (Å²) >= 11 is 4.84. The summed E-state index contributed by atoms with van der Waals surface area (Å²) in [7, 11) is -3.63. The second-order valence-electron chi connectivity index (χ2n) is 4.78. The van der Waals surface area contributed by atoms with E-state index in [-0.39, 0.29) is 17.5 Å².